The van der Waals surface area contributed by atoms with Crippen LogP contribution in [-0.4, -0.2) is 51.3 Å². The summed E-state index contributed by atoms with van der Waals surface area (Å²) in [5.74, 6) is -1.63. The van der Waals surface area contributed by atoms with Crippen molar-refractivity contribution < 1.29 is 27.9 Å². The van der Waals surface area contributed by atoms with Gasteiger partial charge in [0.2, 0.25) is 0 Å². The number of urea groups is 1. The highest BCUT2D eigenvalue weighted by atomic mass is 35.5. The third-order valence-electron chi connectivity index (χ3n) is 5.77. The van der Waals surface area contributed by atoms with E-state index in [9.17, 15) is 37.5 Å². The Labute approximate surface area is 206 Å². The van der Waals surface area contributed by atoms with Gasteiger partial charge in [-0.2, -0.15) is 13.2 Å². The normalized spacial score (nSPS) is 14.0. The first-order valence-corrected chi connectivity index (χ1v) is 10.9. The Morgan fingerprint density at radius 2 is 1.67 bits per heavy atom. The Morgan fingerprint density at radius 1 is 1.03 bits per heavy atom. The van der Waals surface area contributed by atoms with Gasteiger partial charge in [0.05, 0.1) is 22.8 Å². The van der Waals surface area contributed by atoms with E-state index < -0.39 is 46.1 Å². The zero-order valence-corrected chi connectivity index (χ0v) is 19.4. The quantitative estimate of drug-likeness (QED) is 0.554. The van der Waals surface area contributed by atoms with Crippen LogP contribution in [0, 0.1) is 0 Å². The number of aromatic carboxylic acids is 1. The van der Waals surface area contributed by atoms with Gasteiger partial charge in [0.25, 0.3) is 5.56 Å². The van der Waals surface area contributed by atoms with Crippen molar-refractivity contribution in [3.8, 4) is 5.69 Å². The van der Waals surface area contributed by atoms with Crippen LogP contribution in [0.5, 0.6) is 0 Å². The van der Waals surface area contributed by atoms with Crippen molar-refractivity contribution in [3.63, 3.8) is 0 Å². The first-order valence-electron chi connectivity index (χ1n) is 10.5. The number of carboxylic acid groups (broad SMARTS) is 1. The predicted octanol–water partition coefficient (Wildman–Crippen LogP) is 3.29. The van der Waals surface area contributed by atoms with Gasteiger partial charge in [-0.1, -0.05) is 23.7 Å². The number of rotatable bonds is 5. The van der Waals surface area contributed by atoms with E-state index in [2.05, 4.69) is 0 Å². The first kappa shape index (κ1) is 25.0. The maximum absolute atomic E-state index is 13.2. The van der Waals surface area contributed by atoms with E-state index in [-0.39, 0.29) is 17.3 Å². The molecule has 0 bridgehead atoms. The molecule has 36 heavy (non-hydrogen) atoms. The molecule has 13 heteroatoms. The van der Waals surface area contributed by atoms with Gasteiger partial charge >= 0.3 is 23.9 Å². The van der Waals surface area contributed by atoms with Crippen molar-refractivity contribution in [2.75, 3.05) is 25.0 Å². The fraction of sp³-hybridized carbons (Fsp3) is 0.217. The summed E-state index contributed by atoms with van der Waals surface area (Å²) in [4.78, 5) is 52.9. The molecule has 2 aromatic carbocycles. The monoisotopic (exact) mass is 522 g/mol. The lowest BCUT2D eigenvalue weighted by Gasteiger charge is -2.17. The molecule has 1 saturated heterocycles. The number of carboxylic acids is 1. The molecule has 1 fully saturated rings. The van der Waals surface area contributed by atoms with Crippen LogP contribution in [0.3, 0.4) is 0 Å². The number of benzene rings is 2. The molecule has 4 rings (SSSR count). The molecule has 2 heterocycles. The molecule has 0 saturated carbocycles. The number of alkyl halides is 3. The number of hydrogen-bond donors (Lipinski definition) is 1. The van der Waals surface area contributed by atoms with Gasteiger partial charge in [-0.15, -0.1) is 0 Å². The molecule has 0 aliphatic carbocycles. The van der Waals surface area contributed by atoms with Crippen LogP contribution >= 0.6 is 11.6 Å². The standard InChI is InChI=1S/C23H18ClF3N4O5/c1-28-9-10-29(21(28)35)14-5-7-15(8-6-14)30-12-16(20(33)34)19(32)31(22(30)36)11-13-3-2-4-17(18(13)24)23(25,26)27/h2-8,12H,9-11H2,1H3,(H,33,34). The maximum atomic E-state index is 13.2. The summed E-state index contributed by atoms with van der Waals surface area (Å²) >= 11 is 5.91. The highest BCUT2D eigenvalue weighted by Crippen LogP contribution is 2.36. The van der Waals surface area contributed by atoms with Crippen LogP contribution < -0.4 is 16.1 Å². The van der Waals surface area contributed by atoms with E-state index in [4.69, 9.17) is 11.6 Å². The van der Waals surface area contributed by atoms with Crippen molar-refractivity contribution in [1.82, 2.24) is 14.0 Å². The van der Waals surface area contributed by atoms with E-state index in [0.717, 1.165) is 22.9 Å². The van der Waals surface area contributed by atoms with Gasteiger partial charge < -0.3 is 10.0 Å². The van der Waals surface area contributed by atoms with Crippen molar-refractivity contribution in [2.45, 2.75) is 12.7 Å². The molecule has 0 radical (unpaired) electrons. The minimum absolute atomic E-state index is 0.176. The minimum atomic E-state index is -4.77. The molecule has 0 spiro atoms. The SMILES string of the molecule is CN1CCN(c2ccc(-n3cc(C(=O)O)c(=O)n(Cc4cccc(C(F)(F)F)c4Cl)c3=O)cc2)C1=O. The number of nitrogens with zero attached hydrogens (tertiary/aromatic N) is 4. The Hall–Kier alpha value is -4.06. The molecule has 1 aliphatic heterocycles. The van der Waals surface area contributed by atoms with Crippen molar-refractivity contribution in [1.29, 1.82) is 0 Å². The number of carbonyl (C=O) groups is 2. The van der Waals surface area contributed by atoms with Crippen LogP contribution in [0.2, 0.25) is 5.02 Å². The summed E-state index contributed by atoms with van der Waals surface area (Å²) < 4.78 is 41.2. The molecule has 0 atom stereocenters. The third kappa shape index (κ3) is 4.47. The number of carbonyl (C=O) groups excluding carboxylic acids is 1. The van der Waals surface area contributed by atoms with E-state index in [1.165, 1.54) is 28.0 Å². The van der Waals surface area contributed by atoms with E-state index in [0.29, 0.717) is 23.3 Å². The number of halogens is 4. The highest BCUT2D eigenvalue weighted by molar-refractivity contribution is 6.32. The highest BCUT2D eigenvalue weighted by Gasteiger charge is 2.34. The molecular weight excluding hydrogens is 505 g/mol. The average Bonchev–Trinajstić information content (AvgIpc) is 3.15. The Kier molecular flexibility index (Phi) is 6.39. The van der Waals surface area contributed by atoms with Crippen molar-refractivity contribution in [2.24, 2.45) is 0 Å². The van der Waals surface area contributed by atoms with Crippen LogP contribution in [0.1, 0.15) is 21.5 Å². The summed E-state index contributed by atoms with van der Waals surface area (Å²) in [6.45, 7) is 0.305. The van der Waals surface area contributed by atoms with Gasteiger partial charge in [-0.25, -0.2) is 14.4 Å². The number of amides is 2. The molecule has 1 aliphatic rings. The fourth-order valence-corrected chi connectivity index (χ4v) is 4.14. The summed E-state index contributed by atoms with van der Waals surface area (Å²) in [6.07, 6.45) is -3.92. The lowest BCUT2D eigenvalue weighted by Crippen LogP contribution is -2.42. The summed E-state index contributed by atoms with van der Waals surface area (Å²) in [5.41, 5.74) is -3.56. The smallest absolute Gasteiger partial charge is 0.417 e. The van der Waals surface area contributed by atoms with Crippen LogP contribution in [0.4, 0.5) is 23.7 Å². The van der Waals surface area contributed by atoms with Crippen LogP contribution in [0.25, 0.3) is 5.69 Å². The number of aromatic nitrogens is 2. The average molecular weight is 523 g/mol. The second-order valence-corrected chi connectivity index (χ2v) is 8.42. The molecule has 1 aromatic heterocycles. The van der Waals surface area contributed by atoms with Crippen molar-refractivity contribution in [3.05, 3.63) is 91.2 Å². The first-order chi connectivity index (χ1) is 16.9. The number of likely N-dealkylation sites (N-methyl/N-ethyl adjacent to an activating group) is 1. The topological polar surface area (TPSA) is 105 Å². The Balaban J connectivity index is 1.80. The third-order valence-corrected chi connectivity index (χ3v) is 6.22. The number of anilines is 1. The molecule has 1 N–H and O–H groups in total. The van der Waals surface area contributed by atoms with Gasteiger partial charge in [0, 0.05) is 32.0 Å². The fourth-order valence-electron chi connectivity index (χ4n) is 3.84. The Morgan fingerprint density at radius 3 is 2.22 bits per heavy atom. The van der Waals surface area contributed by atoms with Gasteiger partial charge in [-0.3, -0.25) is 18.8 Å². The lowest BCUT2D eigenvalue weighted by molar-refractivity contribution is -0.137. The molecular formula is C23H18ClF3N4O5. The zero-order chi connectivity index (χ0) is 26.4. The van der Waals surface area contributed by atoms with E-state index >= 15 is 0 Å². The molecule has 2 amide bonds. The minimum Gasteiger partial charge on any atom is -0.477 e. The van der Waals surface area contributed by atoms with Crippen molar-refractivity contribution >= 4 is 29.3 Å². The summed E-state index contributed by atoms with van der Waals surface area (Å²) in [6, 6.07) is 8.85. The Bertz CT molecular complexity index is 1480. The predicted molar refractivity (Wildman–Crippen MR) is 124 cm³/mol. The summed E-state index contributed by atoms with van der Waals surface area (Å²) in [7, 11) is 1.66. The van der Waals surface area contributed by atoms with Gasteiger partial charge in [-0.05, 0) is 35.9 Å². The van der Waals surface area contributed by atoms with E-state index in [1.54, 1.807) is 19.2 Å². The second kappa shape index (κ2) is 9.19. The molecule has 188 valence electrons. The van der Waals surface area contributed by atoms with E-state index in [1.807, 2.05) is 0 Å². The maximum Gasteiger partial charge on any atom is 0.417 e. The zero-order valence-electron chi connectivity index (χ0n) is 18.6. The van der Waals surface area contributed by atoms with Gasteiger partial charge in [0.15, 0.2) is 0 Å². The summed E-state index contributed by atoms with van der Waals surface area (Å²) in [5, 5.41) is 8.81. The number of hydrogen-bond acceptors (Lipinski definition) is 4. The van der Waals surface area contributed by atoms with Crippen LogP contribution in [0.15, 0.2) is 58.3 Å². The lowest BCUT2D eigenvalue weighted by atomic mass is 10.1. The van der Waals surface area contributed by atoms with Crippen LogP contribution in [-0.2, 0) is 12.7 Å². The molecule has 0 unspecified atom stereocenters. The largest absolute Gasteiger partial charge is 0.477 e. The second-order valence-electron chi connectivity index (χ2n) is 8.04. The molecule has 3 aromatic rings. The van der Waals surface area contributed by atoms with Gasteiger partial charge in [0.1, 0.15) is 5.56 Å². The molecule has 9 nitrogen and oxygen atoms in total.